The summed E-state index contributed by atoms with van der Waals surface area (Å²) in [7, 11) is 1.56. The van der Waals surface area contributed by atoms with Gasteiger partial charge in [0.05, 0.1) is 7.11 Å². The molecule has 0 aliphatic rings. The molecule has 1 atom stereocenters. The van der Waals surface area contributed by atoms with Gasteiger partial charge in [-0.05, 0) is 18.2 Å². The molecule has 0 spiro atoms. The minimum absolute atomic E-state index is 0.332. The van der Waals surface area contributed by atoms with Crippen LogP contribution >= 0.6 is 0 Å². The Hall–Kier alpha value is -3.42. The van der Waals surface area contributed by atoms with E-state index in [-0.39, 0.29) is 0 Å². The molecule has 3 rings (SSSR count). The second-order valence-corrected chi connectivity index (χ2v) is 5.16. The number of aromatic nitrogens is 3. The first kappa shape index (κ1) is 16.4. The van der Waals surface area contributed by atoms with E-state index in [9.17, 15) is 4.79 Å². The summed E-state index contributed by atoms with van der Waals surface area (Å²) in [6.07, 6.45) is 1.59. The first-order chi connectivity index (χ1) is 12.2. The summed E-state index contributed by atoms with van der Waals surface area (Å²) in [5, 5.41) is 9.43. The first-order valence-electron chi connectivity index (χ1n) is 7.59. The van der Waals surface area contributed by atoms with E-state index in [4.69, 9.17) is 9.26 Å². The van der Waals surface area contributed by atoms with Crippen molar-refractivity contribution in [1.82, 2.24) is 20.4 Å². The van der Waals surface area contributed by atoms with Crippen molar-refractivity contribution >= 4 is 11.8 Å². The van der Waals surface area contributed by atoms with Gasteiger partial charge in [0.2, 0.25) is 5.89 Å². The number of hydrogen-bond acceptors (Lipinski definition) is 6. The van der Waals surface area contributed by atoms with Crippen molar-refractivity contribution in [3.63, 3.8) is 0 Å². The number of methoxy groups -OCH3 is 1. The molecule has 2 amide bonds. The summed E-state index contributed by atoms with van der Waals surface area (Å²) in [5.41, 5.74) is 0.710. The topological polar surface area (TPSA) is 102 Å². The Morgan fingerprint density at radius 1 is 1.20 bits per heavy atom. The lowest BCUT2D eigenvalue weighted by molar-refractivity contribution is 0.249. The number of hydrogen-bond donors (Lipinski definition) is 2. The maximum absolute atomic E-state index is 12.4. The van der Waals surface area contributed by atoms with Crippen LogP contribution in [0, 0.1) is 6.92 Å². The summed E-state index contributed by atoms with van der Waals surface area (Å²) < 4.78 is 10.4. The number of anilines is 1. The third-order valence-corrected chi connectivity index (χ3v) is 3.43. The van der Waals surface area contributed by atoms with Gasteiger partial charge < -0.3 is 14.6 Å². The number of benzene rings is 1. The zero-order chi connectivity index (χ0) is 17.6. The highest BCUT2D eigenvalue weighted by Gasteiger charge is 2.25. The number of nitrogens with one attached hydrogen (secondary N) is 2. The molecule has 0 aliphatic heterocycles. The standard InChI is InChI=1S/C17H17N5O3/c1-11-19-16(22-25-11)15(12-7-3-4-8-13(12)24-2)21-17(23)20-14-9-5-6-10-18-14/h3-10,15H,1-2H3,(H2,18,20,21,23)/t15-/m0/s1. The highest BCUT2D eigenvalue weighted by Crippen LogP contribution is 2.28. The van der Waals surface area contributed by atoms with Crippen molar-refractivity contribution in [2.24, 2.45) is 0 Å². The summed E-state index contributed by atoms with van der Waals surface area (Å²) in [6.45, 7) is 1.68. The number of carbonyl (C=O) groups excluding carboxylic acids is 1. The zero-order valence-electron chi connectivity index (χ0n) is 13.8. The van der Waals surface area contributed by atoms with Crippen LogP contribution in [-0.4, -0.2) is 28.3 Å². The second-order valence-electron chi connectivity index (χ2n) is 5.16. The van der Waals surface area contributed by atoms with Gasteiger partial charge in [-0.25, -0.2) is 9.78 Å². The minimum atomic E-state index is -0.641. The lowest BCUT2D eigenvalue weighted by atomic mass is 10.1. The Kier molecular flexibility index (Phi) is 4.89. The molecule has 128 valence electrons. The van der Waals surface area contributed by atoms with E-state index in [2.05, 4.69) is 25.8 Å². The number of amides is 2. The number of aryl methyl sites for hydroxylation is 1. The van der Waals surface area contributed by atoms with Crippen LogP contribution < -0.4 is 15.4 Å². The first-order valence-corrected chi connectivity index (χ1v) is 7.59. The van der Waals surface area contributed by atoms with E-state index >= 15 is 0 Å². The molecule has 8 heteroatoms. The van der Waals surface area contributed by atoms with Gasteiger partial charge in [0.15, 0.2) is 5.82 Å². The summed E-state index contributed by atoms with van der Waals surface area (Å²) >= 11 is 0. The van der Waals surface area contributed by atoms with Crippen molar-refractivity contribution in [3.05, 3.63) is 65.9 Å². The lowest BCUT2D eigenvalue weighted by Crippen LogP contribution is -2.34. The van der Waals surface area contributed by atoms with Crippen molar-refractivity contribution < 1.29 is 14.1 Å². The molecule has 3 aromatic rings. The SMILES string of the molecule is COc1ccccc1[C@H](NC(=O)Nc1ccccn1)c1noc(C)n1. The molecular weight excluding hydrogens is 322 g/mol. The molecule has 2 aromatic heterocycles. The fourth-order valence-electron chi connectivity index (χ4n) is 2.34. The average Bonchev–Trinajstić information content (AvgIpc) is 3.06. The van der Waals surface area contributed by atoms with Crippen LogP contribution in [0.3, 0.4) is 0 Å². The number of ether oxygens (including phenoxy) is 1. The number of para-hydroxylation sites is 1. The molecule has 2 heterocycles. The van der Waals surface area contributed by atoms with Crippen LogP contribution in [0.1, 0.15) is 23.3 Å². The number of nitrogens with zero attached hydrogens (tertiary/aromatic N) is 3. The number of urea groups is 1. The van der Waals surface area contributed by atoms with Crippen molar-refractivity contribution in [3.8, 4) is 5.75 Å². The highest BCUT2D eigenvalue weighted by atomic mass is 16.5. The maximum Gasteiger partial charge on any atom is 0.321 e. The van der Waals surface area contributed by atoms with Gasteiger partial charge in [-0.3, -0.25) is 5.32 Å². The molecule has 0 bridgehead atoms. The van der Waals surface area contributed by atoms with Crippen molar-refractivity contribution in [1.29, 1.82) is 0 Å². The number of rotatable bonds is 5. The Morgan fingerprint density at radius 3 is 2.68 bits per heavy atom. The van der Waals surface area contributed by atoms with Crippen LogP contribution in [0.5, 0.6) is 5.75 Å². The Morgan fingerprint density at radius 2 is 2.00 bits per heavy atom. The van der Waals surface area contributed by atoms with Crippen molar-refractivity contribution in [2.45, 2.75) is 13.0 Å². The van der Waals surface area contributed by atoms with Crippen LogP contribution in [0.4, 0.5) is 10.6 Å². The van der Waals surface area contributed by atoms with Gasteiger partial charge in [-0.2, -0.15) is 4.98 Å². The number of carbonyl (C=O) groups is 1. The Balaban J connectivity index is 1.88. The largest absolute Gasteiger partial charge is 0.496 e. The van der Waals surface area contributed by atoms with E-state index in [1.165, 1.54) is 0 Å². The van der Waals surface area contributed by atoms with Gasteiger partial charge in [0.25, 0.3) is 0 Å². The normalized spacial score (nSPS) is 11.6. The quantitative estimate of drug-likeness (QED) is 0.741. The molecule has 0 saturated carbocycles. The predicted octanol–water partition coefficient (Wildman–Crippen LogP) is 2.69. The summed E-state index contributed by atoms with van der Waals surface area (Å²) in [6, 6.07) is 11.5. The molecule has 1 aromatic carbocycles. The van der Waals surface area contributed by atoms with E-state index in [1.807, 2.05) is 18.2 Å². The molecule has 0 unspecified atom stereocenters. The predicted molar refractivity (Wildman–Crippen MR) is 90.3 cm³/mol. The van der Waals surface area contributed by atoms with Gasteiger partial charge in [-0.15, -0.1) is 0 Å². The molecule has 2 N–H and O–H groups in total. The zero-order valence-corrected chi connectivity index (χ0v) is 13.8. The van der Waals surface area contributed by atoms with E-state index < -0.39 is 12.1 Å². The van der Waals surface area contributed by atoms with E-state index in [0.717, 1.165) is 0 Å². The van der Waals surface area contributed by atoms with Crippen molar-refractivity contribution in [2.75, 3.05) is 12.4 Å². The molecule has 0 aliphatic carbocycles. The van der Waals surface area contributed by atoms with Crippen LogP contribution in [-0.2, 0) is 0 Å². The van der Waals surface area contributed by atoms with Gasteiger partial charge >= 0.3 is 6.03 Å². The smallest absolute Gasteiger partial charge is 0.321 e. The third kappa shape index (κ3) is 3.92. The highest BCUT2D eigenvalue weighted by molar-refractivity contribution is 5.88. The maximum atomic E-state index is 12.4. The number of pyridine rings is 1. The van der Waals surface area contributed by atoms with E-state index in [0.29, 0.717) is 28.8 Å². The van der Waals surface area contributed by atoms with Crippen LogP contribution in [0.2, 0.25) is 0 Å². The average molecular weight is 339 g/mol. The molecule has 8 nitrogen and oxygen atoms in total. The Bertz CT molecular complexity index is 850. The van der Waals surface area contributed by atoms with Gasteiger partial charge in [0.1, 0.15) is 17.6 Å². The summed E-state index contributed by atoms with van der Waals surface area (Å²) in [5.74, 6) is 1.77. The van der Waals surface area contributed by atoms with Crippen LogP contribution in [0.25, 0.3) is 0 Å². The van der Waals surface area contributed by atoms with Gasteiger partial charge in [-0.1, -0.05) is 29.4 Å². The molecule has 25 heavy (non-hydrogen) atoms. The fourth-order valence-corrected chi connectivity index (χ4v) is 2.34. The molecule has 0 radical (unpaired) electrons. The monoisotopic (exact) mass is 339 g/mol. The minimum Gasteiger partial charge on any atom is -0.496 e. The van der Waals surface area contributed by atoms with Crippen LogP contribution in [0.15, 0.2) is 53.2 Å². The fraction of sp³-hybridized carbons (Fsp3) is 0.176. The van der Waals surface area contributed by atoms with Gasteiger partial charge in [0, 0.05) is 18.7 Å². The molecular formula is C17H17N5O3. The molecule has 0 saturated heterocycles. The second kappa shape index (κ2) is 7.43. The third-order valence-electron chi connectivity index (χ3n) is 3.43. The molecule has 0 fully saturated rings. The Labute approximate surface area is 144 Å². The van der Waals surface area contributed by atoms with E-state index in [1.54, 1.807) is 44.5 Å². The summed E-state index contributed by atoms with van der Waals surface area (Å²) in [4.78, 5) is 20.7. The lowest BCUT2D eigenvalue weighted by Gasteiger charge is -2.18.